The van der Waals surface area contributed by atoms with E-state index in [0.29, 0.717) is 13.0 Å². The fraction of sp³-hybridized carbons (Fsp3) is 0.900. The van der Waals surface area contributed by atoms with Crippen LogP contribution in [0.1, 0.15) is 38.5 Å². The molecule has 1 aliphatic rings. The first-order valence-corrected chi connectivity index (χ1v) is 5.32. The van der Waals surface area contributed by atoms with E-state index in [0.717, 1.165) is 25.9 Å². The molecule has 0 aromatic heterocycles. The zero-order chi connectivity index (χ0) is 9.52. The first-order chi connectivity index (χ1) is 6.34. The molecule has 1 amide bonds. The van der Waals surface area contributed by atoms with Crippen LogP contribution in [-0.2, 0) is 4.79 Å². The van der Waals surface area contributed by atoms with Crippen molar-refractivity contribution in [1.82, 2.24) is 4.90 Å². The van der Waals surface area contributed by atoms with Crippen molar-refractivity contribution < 1.29 is 4.79 Å². The fourth-order valence-corrected chi connectivity index (χ4v) is 1.78. The fourth-order valence-electron chi connectivity index (χ4n) is 1.78. The third-order valence-corrected chi connectivity index (χ3v) is 2.57. The van der Waals surface area contributed by atoms with Crippen molar-refractivity contribution in [2.24, 2.45) is 5.73 Å². The van der Waals surface area contributed by atoms with Crippen molar-refractivity contribution in [3.8, 4) is 0 Å². The van der Waals surface area contributed by atoms with Gasteiger partial charge in [-0.1, -0.05) is 19.3 Å². The predicted octanol–water partition coefficient (Wildman–Crippen LogP) is 1.13. The van der Waals surface area contributed by atoms with E-state index >= 15 is 0 Å². The highest BCUT2D eigenvalue weighted by Gasteiger charge is 2.12. The highest BCUT2D eigenvalue weighted by Crippen LogP contribution is 2.10. The summed E-state index contributed by atoms with van der Waals surface area (Å²) in [5, 5.41) is 0. The molecule has 1 fully saturated rings. The highest BCUT2D eigenvalue weighted by molar-refractivity contribution is 5.76. The number of nitrogens with two attached hydrogens (primary N) is 1. The first-order valence-electron chi connectivity index (χ1n) is 5.32. The van der Waals surface area contributed by atoms with Gasteiger partial charge in [-0.05, 0) is 12.8 Å². The van der Waals surface area contributed by atoms with Crippen LogP contribution in [0, 0.1) is 0 Å². The lowest BCUT2D eigenvalue weighted by Crippen LogP contribution is -2.34. The van der Waals surface area contributed by atoms with Crippen LogP contribution in [0.3, 0.4) is 0 Å². The lowest BCUT2D eigenvalue weighted by Gasteiger charge is -2.24. The smallest absolute Gasteiger partial charge is 0.223 e. The van der Waals surface area contributed by atoms with Crippen LogP contribution in [0.4, 0.5) is 0 Å². The van der Waals surface area contributed by atoms with E-state index in [9.17, 15) is 4.79 Å². The molecule has 0 spiro atoms. The highest BCUT2D eigenvalue weighted by atomic mass is 16.2. The summed E-state index contributed by atoms with van der Waals surface area (Å²) in [7, 11) is 0. The Kier molecular flexibility index (Phi) is 4.83. The van der Waals surface area contributed by atoms with E-state index in [1.54, 1.807) is 0 Å². The maximum Gasteiger partial charge on any atom is 0.223 e. The molecule has 0 aromatic carbocycles. The van der Waals surface area contributed by atoms with Gasteiger partial charge in [0.15, 0.2) is 0 Å². The minimum Gasteiger partial charge on any atom is -0.343 e. The van der Waals surface area contributed by atoms with E-state index in [4.69, 9.17) is 5.73 Å². The quantitative estimate of drug-likeness (QED) is 0.699. The van der Waals surface area contributed by atoms with Gasteiger partial charge in [0.1, 0.15) is 0 Å². The average molecular weight is 184 g/mol. The predicted molar refractivity (Wildman–Crippen MR) is 53.3 cm³/mol. The standard InChI is InChI=1S/C10H20N2O/c11-7-6-10(13)12-8-4-2-1-3-5-9-12/h1-9,11H2. The third kappa shape index (κ3) is 3.77. The molecule has 3 nitrogen and oxygen atoms in total. The van der Waals surface area contributed by atoms with Crippen molar-refractivity contribution in [3.05, 3.63) is 0 Å². The summed E-state index contributed by atoms with van der Waals surface area (Å²) in [5.74, 6) is 0.240. The zero-order valence-corrected chi connectivity index (χ0v) is 8.30. The first kappa shape index (κ1) is 10.5. The Morgan fingerprint density at radius 1 is 1.08 bits per heavy atom. The Morgan fingerprint density at radius 2 is 1.62 bits per heavy atom. The molecule has 0 atom stereocenters. The van der Waals surface area contributed by atoms with Gasteiger partial charge in [-0.25, -0.2) is 0 Å². The van der Waals surface area contributed by atoms with Gasteiger partial charge >= 0.3 is 0 Å². The number of hydrogen-bond acceptors (Lipinski definition) is 2. The van der Waals surface area contributed by atoms with Gasteiger partial charge in [-0.2, -0.15) is 0 Å². The Labute approximate surface area is 80.3 Å². The summed E-state index contributed by atoms with van der Waals surface area (Å²) in [6.45, 7) is 2.37. The monoisotopic (exact) mass is 184 g/mol. The number of nitrogens with zero attached hydrogens (tertiary/aromatic N) is 1. The van der Waals surface area contributed by atoms with Crippen molar-refractivity contribution in [2.75, 3.05) is 19.6 Å². The summed E-state index contributed by atoms with van der Waals surface area (Å²) in [6, 6.07) is 0. The number of carbonyl (C=O) groups excluding carboxylic acids is 1. The number of amides is 1. The van der Waals surface area contributed by atoms with Crippen LogP contribution in [0.5, 0.6) is 0 Å². The molecular formula is C10H20N2O. The molecule has 1 rings (SSSR count). The molecule has 1 saturated heterocycles. The maximum absolute atomic E-state index is 11.5. The normalized spacial score (nSPS) is 19.3. The molecule has 0 aromatic rings. The van der Waals surface area contributed by atoms with Gasteiger partial charge in [-0.3, -0.25) is 4.79 Å². The summed E-state index contributed by atoms with van der Waals surface area (Å²) in [4.78, 5) is 13.5. The average Bonchev–Trinajstić information content (AvgIpc) is 2.03. The summed E-state index contributed by atoms with van der Waals surface area (Å²) in [5.41, 5.74) is 5.36. The van der Waals surface area contributed by atoms with Crippen LogP contribution < -0.4 is 5.73 Å². The van der Waals surface area contributed by atoms with Crippen molar-refractivity contribution in [3.63, 3.8) is 0 Å². The lowest BCUT2D eigenvalue weighted by molar-refractivity contribution is -0.131. The van der Waals surface area contributed by atoms with Gasteiger partial charge in [0, 0.05) is 26.1 Å². The van der Waals surface area contributed by atoms with E-state index in [1.165, 1.54) is 19.3 Å². The minimum atomic E-state index is 0.240. The summed E-state index contributed by atoms with van der Waals surface area (Å²) >= 11 is 0. The van der Waals surface area contributed by atoms with Crippen LogP contribution in [-0.4, -0.2) is 30.4 Å². The number of rotatable bonds is 2. The molecule has 1 heterocycles. The zero-order valence-electron chi connectivity index (χ0n) is 8.30. The van der Waals surface area contributed by atoms with Gasteiger partial charge in [0.2, 0.25) is 5.91 Å². The Bertz CT molecular complexity index is 151. The van der Waals surface area contributed by atoms with Gasteiger partial charge in [0.05, 0.1) is 0 Å². The SMILES string of the molecule is NCCC(=O)N1CCCCCCC1. The molecule has 2 N–H and O–H groups in total. The second kappa shape index (κ2) is 5.97. The van der Waals surface area contributed by atoms with Gasteiger partial charge < -0.3 is 10.6 Å². The Hall–Kier alpha value is -0.570. The van der Waals surface area contributed by atoms with E-state index in [1.807, 2.05) is 4.90 Å². The van der Waals surface area contributed by atoms with Crippen molar-refractivity contribution in [1.29, 1.82) is 0 Å². The van der Waals surface area contributed by atoms with Crippen molar-refractivity contribution >= 4 is 5.91 Å². The molecule has 0 saturated carbocycles. The largest absolute Gasteiger partial charge is 0.343 e. The van der Waals surface area contributed by atoms with Gasteiger partial charge in [-0.15, -0.1) is 0 Å². The second-order valence-electron chi connectivity index (χ2n) is 3.69. The van der Waals surface area contributed by atoms with Crippen LogP contribution in [0.25, 0.3) is 0 Å². The third-order valence-electron chi connectivity index (χ3n) is 2.57. The molecule has 0 radical (unpaired) electrons. The molecule has 1 aliphatic heterocycles. The second-order valence-corrected chi connectivity index (χ2v) is 3.69. The number of hydrogen-bond donors (Lipinski definition) is 1. The van der Waals surface area contributed by atoms with E-state index in [-0.39, 0.29) is 5.91 Å². The Morgan fingerprint density at radius 3 is 2.15 bits per heavy atom. The molecular weight excluding hydrogens is 164 g/mol. The van der Waals surface area contributed by atoms with Crippen LogP contribution in [0.15, 0.2) is 0 Å². The topological polar surface area (TPSA) is 46.3 Å². The van der Waals surface area contributed by atoms with Crippen LogP contribution >= 0.6 is 0 Å². The number of likely N-dealkylation sites (tertiary alicyclic amines) is 1. The molecule has 13 heavy (non-hydrogen) atoms. The minimum absolute atomic E-state index is 0.240. The molecule has 0 unspecified atom stereocenters. The lowest BCUT2D eigenvalue weighted by atomic mass is 10.1. The number of carbonyl (C=O) groups is 1. The van der Waals surface area contributed by atoms with E-state index in [2.05, 4.69) is 0 Å². The Balaban J connectivity index is 2.32. The maximum atomic E-state index is 11.5. The summed E-state index contributed by atoms with van der Waals surface area (Å²) < 4.78 is 0. The van der Waals surface area contributed by atoms with Crippen molar-refractivity contribution in [2.45, 2.75) is 38.5 Å². The molecule has 76 valence electrons. The molecule has 0 bridgehead atoms. The van der Waals surface area contributed by atoms with Crippen LogP contribution in [0.2, 0.25) is 0 Å². The van der Waals surface area contributed by atoms with Gasteiger partial charge in [0.25, 0.3) is 0 Å². The molecule has 0 aliphatic carbocycles. The summed E-state index contributed by atoms with van der Waals surface area (Å²) in [6.07, 6.45) is 6.71. The molecule has 3 heteroatoms. The van der Waals surface area contributed by atoms with E-state index < -0.39 is 0 Å².